The van der Waals surface area contributed by atoms with Crippen molar-refractivity contribution in [2.24, 2.45) is 0 Å². The van der Waals surface area contributed by atoms with Crippen molar-refractivity contribution in [3.05, 3.63) is 47.5 Å². The highest BCUT2D eigenvalue weighted by molar-refractivity contribution is 5.91. The molecule has 0 bridgehead atoms. The fourth-order valence-corrected chi connectivity index (χ4v) is 1.84. The van der Waals surface area contributed by atoms with Gasteiger partial charge in [-0.15, -0.1) is 0 Å². The summed E-state index contributed by atoms with van der Waals surface area (Å²) in [6, 6.07) is 3.31. The second kappa shape index (κ2) is 5.24. The molecule has 0 fully saturated rings. The lowest BCUT2D eigenvalue weighted by molar-refractivity contribution is 0.112. The number of carbonyl (C=O) groups is 1. The molecule has 1 aromatic heterocycles. The molecule has 0 saturated carbocycles. The number of halogens is 2. The van der Waals surface area contributed by atoms with E-state index in [4.69, 9.17) is 5.73 Å². The van der Waals surface area contributed by atoms with Crippen LogP contribution in [0.3, 0.4) is 0 Å². The Morgan fingerprint density at radius 3 is 2.70 bits per heavy atom. The van der Waals surface area contributed by atoms with Gasteiger partial charge in [0.2, 0.25) is 0 Å². The number of aromatic nitrogens is 2. The summed E-state index contributed by atoms with van der Waals surface area (Å²) in [4.78, 5) is 11.1. The Morgan fingerprint density at radius 2 is 2.15 bits per heavy atom. The Hall–Kier alpha value is -2.50. The molecule has 4 nitrogen and oxygen atoms in total. The molecule has 20 heavy (non-hydrogen) atoms. The van der Waals surface area contributed by atoms with Crippen LogP contribution >= 0.6 is 0 Å². The smallest absolute Gasteiger partial charge is 0.159 e. The van der Waals surface area contributed by atoms with E-state index < -0.39 is 11.6 Å². The van der Waals surface area contributed by atoms with E-state index in [2.05, 4.69) is 11.7 Å². The lowest BCUT2D eigenvalue weighted by atomic mass is 10.1. The molecule has 2 aromatic rings. The Labute approximate surface area is 114 Å². The number of anilines is 1. The summed E-state index contributed by atoms with van der Waals surface area (Å²) < 4.78 is 27.6. The predicted molar refractivity (Wildman–Crippen MR) is 72.2 cm³/mol. The SMILES string of the molecule is C=C(C)Cn1nc(-c2ccc(F)c(F)c2)c(C=O)c1N. The van der Waals surface area contributed by atoms with Crippen LogP contribution in [0.15, 0.2) is 30.4 Å². The largest absolute Gasteiger partial charge is 0.383 e. The Balaban J connectivity index is 2.58. The molecule has 0 aliphatic heterocycles. The van der Waals surface area contributed by atoms with Crippen LogP contribution in [0.5, 0.6) is 0 Å². The maximum absolute atomic E-state index is 13.3. The van der Waals surface area contributed by atoms with Gasteiger partial charge in [-0.25, -0.2) is 13.5 Å². The van der Waals surface area contributed by atoms with E-state index in [1.54, 1.807) is 6.92 Å². The maximum Gasteiger partial charge on any atom is 0.159 e. The van der Waals surface area contributed by atoms with Gasteiger partial charge >= 0.3 is 0 Å². The highest BCUT2D eigenvalue weighted by Gasteiger charge is 2.17. The van der Waals surface area contributed by atoms with E-state index in [9.17, 15) is 13.6 Å². The van der Waals surface area contributed by atoms with Gasteiger partial charge in [0.25, 0.3) is 0 Å². The molecule has 0 unspecified atom stereocenters. The molecule has 0 atom stereocenters. The van der Waals surface area contributed by atoms with Crippen LogP contribution in [-0.4, -0.2) is 16.1 Å². The molecule has 0 saturated heterocycles. The number of aldehydes is 1. The van der Waals surface area contributed by atoms with E-state index >= 15 is 0 Å². The zero-order valence-electron chi connectivity index (χ0n) is 10.9. The van der Waals surface area contributed by atoms with Gasteiger partial charge < -0.3 is 5.73 Å². The number of nitrogen functional groups attached to an aromatic ring is 1. The summed E-state index contributed by atoms with van der Waals surface area (Å²) in [6.45, 7) is 5.87. The van der Waals surface area contributed by atoms with Crippen molar-refractivity contribution < 1.29 is 13.6 Å². The second-order valence-corrected chi connectivity index (χ2v) is 4.51. The van der Waals surface area contributed by atoms with Crippen molar-refractivity contribution in [2.45, 2.75) is 13.5 Å². The third-order valence-electron chi connectivity index (χ3n) is 2.76. The number of benzene rings is 1. The van der Waals surface area contributed by atoms with Gasteiger partial charge in [-0.2, -0.15) is 5.10 Å². The first kappa shape index (κ1) is 13.9. The molecule has 0 aliphatic carbocycles. The first-order valence-corrected chi connectivity index (χ1v) is 5.85. The molecule has 1 heterocycles. The van der Waals surface area contributed by atoms with Crippen LogP contribution in [0.4, 0.5) is 14.6 Å². The summed E-state index contributed by atoms with van der Waals surface area (Å²) in [5, 5.41) is 4.17. The minimum Gasteiger partial charge on any atom is -0.383 e. The lowest BCUT2D eigenvalue weighted by Gasteiger charge is -2.02. The fourth-order valence-electron chi connectivity index (χ4n) is 1.84. The Morgan fingerprint density at radius 1 is 1.45 bits per heavy atom. The van der Waals surface area contributed by atoms with Crippen LogP contribution in [-0.2, 0) is 6.54 Å². The highest BCUT2D eigenvalue weighted by atomic mass is 19.2. The Kier molecular flexibility index (Phi) is 3.65. The van der Waals surface area contributed by atoms with Gasteiger partial charge in [-0.1, -0.05) is 12.2 Å². The van der Waals surface area contributed by atoms with Gasteiger partial charge in [0.15, 0.2) is 17.9 Å². The van der Waals surface area contributed by atoms with Crippen molar-refractivity contribution in [3.8, 4) is 11.3 Å². The first-order valence-electron chi connectivity index (χ1n) is 5.85. The zero-order valence-corrected chi connectivity index (χ0v) is 10.9. The molecule has 2 N–H and O–H groups in total. The van der Waals surface area contributed by atoms with Crippen LogP contribution in [0.2, 0.25) is 0 Å². The molecule has 0 radical (unpaired) electrons. The minimum absolute atomic E-state index is 0.150. The van der Waals surface area contributed by atoms with Crippen LogP contribution < -0.4 is 5.73 Å². The molecule has 104 valence electrons. The first-order chi connectivity index (χ1) is 9.43. The number of carbonyl (C=O) groups excluding carboxylic acids is 1. The molecular weight excluding hydrogens is 264 g/mol. The van der Waals surface area contributed by atoms with Gasteiger partial charge in [0.05, 0.1) is 12.1 Å². The van der Waals surface area contributed by atoms with Crippen LogP contribution in [0.1, 0.15) is 17.3 Å². The van der Waals surface area contributed by atoms with E-state index in [1.165, 1.54) is 10.7 Å². The number of hydrogen-bond donors (Lipinski definition) is 1. The van der Waals surface area contributed by atoms with E-state index in [-0.39, 0.29) is 22.6 Å². The molecule has 0 spiro atoms. The minimum atomic E-state index is -1.01. The normalized spacial score (nSPS) is 10.6. The standard InChI is InChI=1S/C14H13F2N3O/c1-8(2)6-19-14(17)10(7-20)13(18-19)9-3-4-11(15)12(16)5-9/h3-5,7H,1,6,17H2,2H3. The summed E-state index contributed by atoms with van der Waals surface area (Å²) >= 11 is 0. The average molecular weight is 277 g/mol. The molecular formula is C14H13F2N3O. The molecule has 0 amide bonds. The van der Waals surface area contributed by atoms with Crippen LogP contribution in [0, 0.1) is 11.6 Å². The number of allylic oxidation sites excluding steroid dienone is 1. The summed E-state index contributed by atoms with van der Waals surface area (Å²) in [6.07, 6.45) is 0.549. The molecule has 6 heteroatoms. The molecule has 2 rings (SSSR count). The van der Waals surface area contributed by atoms with Gasteiger partial charge in [-0.3, -0.25) is 4.79 Å². The summed E-state index contributed by atoms with van der Waals surface area (Å²) in [5.74, 6) is -1.80. The maximum atomic E-state index is 13.3. The van der Waals surface area contributed by atoms with Crippen molar-refractivity contribution in [1.82, 2.24) is 9.78 Å². The van der Waals surface area contributed by atoms with Crippen molar-refractivity contribution in [3.63, 3.8) is 0 Å². The van der Waals surface area contributed by atoms with Gasteiger partial charge in [-0.05, 0) is 25.1 Å². The van der Waals surface area contributed by atoms with E-state index in [0.717, 1.165) is 17.7 Å². The van der Waals surface area contributed by atoms with Gasteiger partial charge in [0.1, 0.15) is 11.5 Å². The number of hydrogen-bond acceptors (Lipinski definition) is 3. The second-order valence-electron chi connectivity index (χ2n) is 4.51. The number of nitrogens with zero attached hydrogens (tertiary/aromatic N) is 2. The lowest BCUT2D eigenvalue weighted by Crippen LogP contribution is -2.05. The van der Waals surface area contributed by atoms with E-state index in [0.29, 0.717) is 12.8 Å². The highest BCUT2D eigenvalue weighted by Crippen LogP contribution is 2.27. The number of nitrogens with two attached hydrogens (primary N) is 1. The number of rotatable bonds is 4. The zero-order chi connectivity index (χ0) is 14.9. The van der Waals surface area contributed by atoms with Crippen molar-refractivity contribution in [1.29, 1.82) is 0 Å². The summed E-state index contributed by atoms with van der Waals surface area (Å²) in [5.41, 5.74) is 7.29. The topological polar surface area (TPSA) is 60.9 Å². The van der Waals surface area contributed by atoms with Crippen LogP contribution in [0.25, 0.3) is 11.3 Å². The average Bonchev–Trinajstić information content (AvgIpc) is 2.69. The molecule has 1 aromatic carbocycles. The van der Waals surface area contributed by atoms with E-state index in [1.807, 2.05) is 0 Å². The van der Waals surface area contributed by atoms with Crippen molar-refractivity contribution in [2.75, 3.05) is 5.73 Å². The Bertz CT molecular complexity index is 692. The monoisotopic (exact) mass is 277 g/mol. The third-order valence-corrected chi connectivity index (χ3v) is 2.76. The van der Waals surface area contributed by atoms with Gasteiger partial charge in [0, 0.05) is 5.56 Å². The third kappa shape index (κ3) is 2.45. The molecule has 0 aliphatic rings. The summed E-state index contributed by atoms with van der Waals surface area (Å²) in [7, 11) is 0. The quantitative estimate of drug-likeness (QED) is 0.690. The van der Waals surface area contributed by atoms with Crippen molar-refractivity contribution >= 4 is 12.1 Å². The predicted octanol–water partition coefficient (Wildman–Crippen LogP) is 2.80. The fraction of sp³-hybridized carbons (Fsp3) is 0.143.